The summed E-state index contributed by atoms with van der Waals surface area (Å²) in [5.41, 5.74) is 7.94. The van der Waals surface area contributed by atoms with Gasteiger partial charge in [-0.05, 0) is 24.3 Å². The zero-order valence-corrected chi connectivity index (χ0v) is 21.6. The number of nitrogen functional groups attached to an aromatic ring is 1. The first kappa shape index (κ1) is 25.3. The van der Waals surface area contributed by atoms with E-state index >= 15 is 0 Å². The van der Waals surface area contributed by atoms with E-state index in [0.29, 0.717) is 60.7 Å². The summed E-state index contributed by atoms with van der Waals surface area (Å²) in [6, 6.07) is 10.3. The zero-order chi connectivity index (χ0) is 26.9. The van der Waals surface area contributed by atoms with Crippen LogP contribution in [0.1, 0.15) is 0 Å². The summed E-state index contributed by atoms with van der Waals surface area (Å²) in [6.45, 7) is 5.05. The summed E-state index contributed by atoms with van der Waals surface area (Å²) in [4.78, 5) is 15.4. The predicted molar refractivity (Wildman–Crippen MR) is 142 cm³/mol. The monoisotopic (exact) mass is 538 g/mol. The number of aromatic nitrogens is 4. The number of halogens is 1. The maximum absolute atomic E-state index is 14.9. The molecule has 0 radical (unpaired) electrons. The maximum Gasteiger partial charge on any atom is 0.230 e. The second-order valence-electron chi connectivity index (χ2n) is 9.78. The van der Waals surface area contributed by atoms with Crippen LogP contribution in [0.5, 0.6) is 5.75 Å². The molecule has 1 aromatic carbocycles. The average molecular weight is 539 g/mol. The van der Waals surface area contributed by atoms with Gasteiger partial charge in [0.1, 0.15) is 29.5 Å². The topological polar surface area (TPSA) is 131 Å². The van der Waals surface area contributed by atoms with Crippen molar-refractivity contribution in [2.75, 3.05) is 75.1 Å². The van der Waals surface area contributed by atoms with Crippen molar-refractivity contribution in [2.24, 2.45) is 0 Å². The molecule has 6 rings (SSSR count). The third kappa shape index (κ3) is 5.33. The van der Waals surface area contributed by atoms with Crippen molar-refractivity contribution in [2.45, 2.75) is 12.2 Å². The van der Waals surface area contributed by atoms with Crippen LogP contribution in [0.3, 0.4) is 0 Å². The minimum absolute atomic E-state index is 0.236. The number of nitrogens with zero attached hydrogens (tertiary/aromatic N) is 7. The highest BCUT2D eigenvalue weighted by atomic mass is 19.1. The molecule has 2 aliphatic rings. The lowest BCUT2D eigenvalue weighted by molar-refractivity contribution is 0.0731. The van der Waals surface area contributed by atoms with Gasteiger partial charge < -0.3 is 34.5 Å². The van der Waals surface area contributed by atoms with Gasteiger partial charge in [-0.2, -0.15) is 19.6 Å². The number of aliphatic hydroxyl groups is 1. The first-order valence-corrected chi connectivity index (χ1v) is 12.9. The molecule has 2 aliphatic heterocycles. The quantitative estimate of drug-likeness (QED) is 0.338. The van der Waals surface area contributed by atoms with Gasteiger partial charge in [-0.3, -0.25) is 4.90 Å². The van der Waals surface area contributed by atoms with E-state index in [1.807, 2.05) is 29.0 Å². The number of hydrogen-bond donors (Lipinski definition) is 2. The molecule has 5 heterocycles. The number of likely N-dealkylation sites (N-methyl/N-ethyl adjacent to an activating group) is 1. The molecule has 206 valence electrons. The Morgan fingerprint density at radius 1 is 1.15 bits per heavy atom. The van der Waals surface area contributed by atoms with Crippen molar-refractivity contribution >= 4 is 23.2 Å². The van der Waals surface area contributed by atoms with Gasteiger partial charge >= 0.3 is 0 Å². The summed E-state index contributed by atoms with van der Waals surface area (Å²) in [5.74, 6) is 1.46. The van der Waals surface area contributed by atoms with Gasteiger partial charge in [-0.25, -0.2) is 4.39 Å². The smallest absolute Gasteiger partial charge is 0.230 e. The number of furan rings is 1. The van der Waals surface area contributed by atoms with Crippen LogP contribution in [0.25, 0.3) is 17.1 Å². The van der Waals surface area contributed by atoms with Crippen LogP contribution in [-0.4, -0.2) is 101 Å². The van der Waals surface area contributed by atoms with E-state index in [1.165, 1.54) is 10.6 Å². The molecule has 0 bridgehead atoms. The molecule has 2 atom stereocenters. The Labute approximate surface area is 224 Å². The molecule has 3 N–H and O–H groups in total. The van der Waals surface area contributed by atoms with E-state index in [2.05, 4.69) is 20.0 Å². The Balaban J connectivity index is 1.02. The summed E-state index contributed by atoms with van der Waals surface area (Å²) >= 11 is 0. The van der Waals surface area contributed by atoms with Crippen molar-refractivity contribution in [1.29, 1.82) is 0 Å². The van der Waals surface area contributed by atoms with Crippen LogP contribution in [0.15, 0.2) is 47.1 Å². The third-order valence-electron chi connectivity index (χ3n) is 7.12. The highest BCUT2D eigenvalue weighted by Crippen LogP contribution is 2.27. The SMILES string of the molecule is CN(CCN1CCN(c2ccc(O[C@H]3COC[C@@H]3O)cc2F)CC1)c1nc(N)n2nc(-c3ccco3)cc2n1. The van der Waals surface area contributed by atoms with Crippen molar-refractivity contribution in [3.8, 4) is 17.2 Å². The van der Waals surface area contributed by atoms with E-state index in [-0.39, 0.29) is 18.4 Å². The summed E-state index contributed by atoms with van der Waals surface area (Å²) in [7, 11) is 1.93. The number of piperazine rings is 1. The number of rotatable bonds is 8. The highest BCUT2D eigenvalue weighted by Gasteiger charge is 2.28. The largest absolute Gasteiger partial charge is 0.485 e. The van der Waals surface area contributed by atoms with E-state index in [4.69, 9.17) is 19.6 Å². The van der Waals surface area contributed by atoms with E-state index in [0.717, 1.165) is 19.6 Å². The molecule has 39 heavy (non-hydrogen) atoms. The molecule has 0 amide bonds. The predicted octanol–water partition coefficient (Wildman–Crippen LogP) is 1.50. The van der Waals surface area contributed by atoms with Crippen LogP contribution in [0.4, 0.5) is 22.0 Å². The molecule has 13 heteroatoms. The number of benzene rings is 1. The molecule has 0 unspecified atom stereocenters. The van der Waals surface area contributed by atoms with Gasteiger partial charge in [-0.1, -0.05) is 0 Å². The van der Waals surface area contributed by atoms with Gasteiger partial charge in [-0.15, -0.1) is 0 Å². The molecule has 4 aromatic rings. The fourth-order valence-corrected chi connectivity index (χ4v) is 4.84. The summed E-state index contributed by atoms with van der Waals surface area (Å²) < 4.78 is 32.7. The number of nitrogens with two attached hydrogens (primary N) is 1. The fraction of sp³-hybridized carbons (Fsp3) is 0.423. The van der Waals surface area contributed by atoms with Crippen LogP contribution < -0.4 is 20.3 Å². The maximum atomic E-state index is 14.9. The third-order valence-corrected chi connectivity index (χ3v) is 7.12. The zero-order valence-electron chi connectivity index (χ0n) is 21.6. The second kappa shape index (κ2) is 10.7. The molecule has 2 saturated heterocycles. The number of ether oxygens (including phenoxy) is 2. The summed E-state index contributed by atoms with van der Waals surface area (Å²) in [6.07, 6.45) is 0.424. The Kier molecular flexibility index (Phi) is 6.94. The van der Waals surface area contributed by atoms with Gasteiger partial charge in [0.15, 0.2) is 11.4 Å². The Hall–Kier alpha value is -3.94. The van der Waals surface area contributed by atoms with Crippen LogP contribution in [0.2, 0.25) is 0 Å². The lowest BCUT2D eigenvalue weighted by Crippen LogP contribution is -2.48. The van der Waals surface area contributed by atoms with Crippen LogP contribution >= 0.6 is 0 Å². The van der Waals surface area contributed by atoms with Crippen molar-refractivity contribution < 1.29 is 23.4 Å². The highest BCUT2D eigenvalue weighted by molar-refractivity contribution is 5.61. The summed E-state index contributed by atoms with van der Waals surface area (Å²) in [5, 5.41) is 14.3. The molecule has 0 aliphatic carbocycles. The van der Waals surface area contributed by atoms with E-state index < -0.39 is 12.2 Å². The molecule has 3 aromatic heterocycles. The fourth-order valence-electron chi connectivity index (χ4n) is 4.84. The Morgan fingerprint density at radius 3 is 2.72 bits per heavy atom. The van der Waals surface area contributed by atoms with Gasteiger partial charge in [0.25, 0.3) is 0 Å². The Morgan fingerprint density at radius 2 is 2.00 bits per heavy atom. The minimum atomic E-state index is -0.696. The van der Waals surface area contributed by atoms with E-state index in [1.54, 1.807) is 24.5 Å². The Bertz CT molecular complexity index is 1420. The molecule has 0 spiro atoms. The number of fused-ring (bicyclic) bond motifs is 1. The van der Waals surface area contributed by atoms with Crippen molar-refractivity contribution in [1.82, 2.24) is 24.5 Å². The molecule has 12 nitrogen and oxygen atoms in total. The number of anilines is 3. The first-order chi connectivity index (χ1) is 18.9. The van der Waals surface area contributed by atoms with Gasteiger partial charge in [0, 0.05) is 58.4 Å². The number of aliphatic hydroxyl groups excluding tert-OH is 1. The lowest BCUT2D eigenvalue weighted by Gasteiger charge is -2.36. The standard InChI is InChI=1S/C26H31FN8O4/c1-32(26-29-24-14-19(22-3-2-12-38-22)31-35(24)25(28)30-26)6-7-33-8-10-34(11-9-33)20-5-4-17(13-18(20)27)39-23-16-37-15-21(23)36/h2-5,12-14,21,23,36H,6-11,15-16H2,1H3,(H2,28,29,30)/t21-,23-/m0/s1. The lowest BCUT2D eigenvalue weighted by atomic mass is 10.2. The molecular weight excluding hydrogens is 507 g/mol. The molecule has 2 fully saturated rings. The first-order valence-electron chi connectivity index (χ1n) is 12.9. The second-order valence-corrected chi connectivity index (χ2v) is 9.78. The van der Waals surface area contributed by atoms with Crippen LogP contribution in [0, 0.1) is 5.82 Å². The minimum Gasteiger partial charge on any atom is -0.485 e. The van der Waals surface area contributed by atoms with Crippen LogP contribution in [-0.2, 0) is 4.74 Å². The van der Waals surface area contributed by atoms with Crippen molar-refractivity contribution in [3.63, 3.8) is 0 Å². The van der Waals surface area contributed by atoms with Gasteiger partial charge in [0.2, 0.25) is 11.9 Å². The van der Waals surface area contributed by atoms with Gasteiger partial charge in [0.05, 0.1) is 25.2 Å². The molecular formula is C26H31FN8O4. The number of hydrogen-bond acceptors (Lipinski definition) is 11. The van der Waals surface area contributed by atoms with E-state index in [9.17, 15) is 9.50 Å². The van der Waals surface area contributed by atoms with Crippen molar-refractivity contribution in [3.05, 3.63) is 48.5 Å². The average Bonchev–Trinajstić information content (AvgIpc) is 3.70. The normalized spacial score (nSPS) is 20.1. The molecule has 0 saturated carbocycles.